The Morgan fingerprint density at radius 3 is 2.61 bits per heavy atom. The van der Waals surface area contributed by atoms with E-state index < -0.39 is 0 Å². The van der Waals surface area contributed by atoms with Crippen LogP contribution in [0.4, 0.5) is 5.69 Å². The molecule has 23 heavy (non-hydrogen) atoms. The van der Waals surface area contributed by atoms with E-state index in [0.717, 1.165) is 4.90 Å². The van der Waals surface area contributed by atoms with Gasteiger partial charge in [-0.3, -0.25) is 24.6 Å². The molecule has 0 atom stereocenters. The molecule has 0 bridgehead atoms. The van der Waals surface area contributed by atoms with Crippen LogP contribution in [0.1, 0.15) is 30.4 Å². The summed E-state index contributed by atoms with van der Waals surface area (Å²) in [6.45, 7) is 0. The molecule has 0 saturated carbocycles. The number of fused-ring (bicyclic) bond motifs is 1. The fourth-order valence-electron chi connectivity index (χ4n) is 2.17. The van der Waals surface area contributed by atoms with Crippen molar-refractivity contribution in [1.29, 1.82) is 0 Å². The van der Waals surface area contributed by atoms with Crippen LogP contribution in [0, 0.1) is 0 Å². The Morgan fingerprint density at radius 1 is 1.17 bits per heavy atom. The Labute approximate surface area is 141 Å². The molecule has 1 aromatic carbocycles. The van der Waals surface area contributed by atoms with Crippen molar-refractivity contribution in [2.75, 3.05) is 12.4 Å². The summed E-state index contributed by atoms with van der Waals surface area (Å²) in [5, 5.41) is 7.31. The van der Waals surface area contributed by atoms with Gasteiger partial charge in [0.15, 0.2) is 5.11 Å². The van der Waals surface area contributed by atoms with Crippen molar-refractivity contribution in [3.8, 4) is 0 Å². The lowest BCUT2D eigenvalue weighted by atomic mass is 10.1. The zero-order valence-corrected chi connectivity index (χ0v) is 13.6. The molecule has 0 saturated heterocycles. The van der Waals surface area contributed by atoms with Gasteiger partial charge in [0.05, 0.1) is 16.0 Å². The number of nitrogens with zero attached hydrogens (tertiary/aromatic N) is 1. The van der Waals surface area contributed by atoms with Crippen LogP contribution in [-0.4, -0.2) is 34.8 Å². The average molecular weight is 345 g/mol. The van der Waals surface area contributed by atoms with Gasteiger partial charge in [0, 0.05) is 12.7 Å². The summed E-state index contributed by atoms with van der Waals surface area (Å²) in [6.07, 6.45) is 0. The second-order valence-electron chi connectivity index (χ2n) is 4.82. The minimum absolute atomic E-state index is 0.119. The number of amides is 3. The van der Waals surface area contributed by atoms with Crippen molar-refractivity contribution in [2.45, 2.75) is 0 Å². The quantitative estimate of drug-likeness (QED) is 0.644. The number of carbonyl (C=O) groups is 3. The van der Waals surface area contributed by atoms with Gasteiger partial charge in [0.1, 0.15) is 0 Å². The van der Waals surface area contributed by atoms with Gasteiger partial charge < -0.3 is 5.32 Å². The zero-order valence-electron chi connectivity index (χ0n) is 12.0. The molecule has 2 N–H and O–H groups in total. The number of thiophene rings is 1. The Balaban J connectivity index is 1.72. The van der Waals surface area contributed by atoms with Crippen LogP contribution in [0.25, 0.3) is 0 Å². The predicted molar refractivity (Wildman–Crippen MR) is 90.9 cm³/mol. The molecule has 1 aliphatic heterocycles. The van der Waals surface area contributed by atoms with Crippen molar-refractivity contribution in [2.24, 2.45) is 0 Å². The van der Waals surface area contributed by atoms with Gasteiger partial charge in [0.2, 0.25) is 0 Å². The topological polar surface area (TPSA) is 78.5 Å². The smallest absolute Gasteiger partial charge is 0.267 e. The fourth-order valence-corrected chi connectivity index (χ4v) is 3.00. The van der Waals surface area contributed by atoms with Gasteiger partial charge in [-0.05, 0) is 41.9 Å². The SMILES string of the molecule is CN1C(=O)c2ccc(NC(=S)NC(=O)c3cccs3)cc2C1=O. The first-order chi connectivity index (χ1) is 11.0. The van der Waals surface area contributed by atoms with Gasteiger partial charge in [0.25, 0.3) is 17.7 Å². The molecule has 1 aromatic heterocycles. The van der Waals surface area contributed by atoms with Crippen molar-refractivity contribution in [1.82, 2.24) is 10.2 Å². The van der Waals surface area contributed by atoms with Crippen LogP contribution in [0.5, 0.6) is 0 Å². The van der Waals surface area contributed by atoms with E-state index in [1.165, 1.54) is 18.4 Å². The van der Waals surface area contributed by atoms with Crippen molar-refractivity contribution in [3.05, 3.63) is 51.7 Å². The van der Waals surface area contributed by atoms with Crippen molar-refractivity contribution >= 4 is 52.1 Å². The lowest BCUT2D eigenvalue weighted by Gasteiger charge is -2.09. The van der Waals surface area contributed by atoms with E-state index in [1.54, 1.807) is 35.7 Å². The Kier molecular flexibility index (Phi) is 3.93. The fraction of sp³-hybridized carbons (Fsp3) is 0.0667. The number of benzene rings is 1. The lowest BCUT2D eigenvalue weighted by molar-refractivity contribution is 0.0692. The van der Waals surface area contributed by atoms with E-state index in [0.29, 0.717) is 21.7 Å². The minimum Gasteiger partial charge on any atom is -0.332 e. The molecular weight excluding hydrogens is 334 g/mol. The van der Waals surface area contributed by atoms with Crippen molar-refractivity contribution in [3.63, 3.8) is 0 Å². The van der Waals surface area contributed by atoms with E-state index in [2.05, 4.69) is 10.6 Å². The van der Waals surface area contributed by atoms with Gasteiger partial charge in [-0.2, -0.15) is 0 Å². The van der Waals surface area contributed by atoms with Crippen LogP contribution < -0.4 is 10.6 Å². The second kappa shape index (κ2) is 5.90. The molecule has 2 heterocycles. The van der Waals surface area contributed by atoms with Gasteiger partial charge in [-0.1, -0.05) is 6.07 Å². The Bertz CT molecular complexity index is 830. The maximum atomic E-state index is 12.0. The van der Waals surface area contributed by atoms with Crippen LogP contribution in [0.15, 0.2) is 35.7 Å². The molecule has 2 aromatic rings. The van der Waals surface area contributed by atoms with E-state index in [1.807, 2.05) is 0 Å². The van der Waals surface area contributed by atoms with E-state index in [-0.39, 0.29) is 22.8 Å². The molecule has 0 radical (unpaired) electrons. The molecule has 0 spiro atoms. The molecule has 8 heteroatoms. The third kappa shape index (κ3) is 2.86. The molecular formula is C15H11N3O3S2. The summed E-state index contributed by atoms with van der Waals surface area (Å²) in [6, 6.07) is 8.20. The first-order valence-corrected chi connectivity index (χ1v) is 7.88. The van der Waals surface area contributed by atoms with Crippen LogP contribution in [0.2, 0.25) is 0 Å². The predicted octanol–water partition coefficient (Wildman–Crippen LogP) is 2.10. The highest BCUT2D eigenvalue weighted by atomic mass is 32.1. The molecule has 0 unspecified atom stereocenters. The summed E-state index contributed by atoms with van der Waals surface area (Å²) in [7, 11) is 1.43. The number of carbonyl (C=O) groups excluding carboxylic acids is 3. The van der Waals surface area contributed by atoms with Crippen LogP contribution in [-0.2, 0) is 0 Å². The monoisotopic (exact) mass is 345 g/mol. The van der Waals surface area contributed by atoms with Gasteiger partial charge >= 0.3 is 0 Å². The molecule has 0 aliphatic carbocycles. The Morgan fingerprint density at radius 2 is 1.91 bits per heavy atom. The summed E-state index contributed by atoms with van der Waals surface area (Å²) in [5.74, 6) is -0.989. The second-order valence-corrected chi connectivity index (χ2v) is 6.17. The minimum atomic E-state index is -0.359. The number of thiocarbonyl (C=S) groups is 1. The summed E-state index contributed by atoms with van der Waals surface area (Å²) in [4.78, 5) is 37.3. The maximum absolute atomic E-state index is 12.0. The third-order valence-electron chi connectivity index (χ3n) is 3.32. The van der Waals surface area contributed by atoms with Gasteiger partial charge in [-0.25, -0.2) is 0 Å². The van der Waals surface area contributed by atoms with E-state index >= 15 is 0 Å². The molecule has 6 nitrogen and oxygen atoms in total. The normalized spacial score (nSPS) is 13.0. The number of rotatable bonds is 2. The highest BCUT2D eigenvalue weighted by molar-refractivity contribution is 7.80. The number of imide groups is 1. The number of hydrogen-bond acceptors (Lipinski definition) is 5. The summed E-state index contributed by atoms with van der Waals surface area (Å²) in [5.41, 5.74) is 1.20. The highest BCUT2D eigenvalue weighted by Gasteiger charge is 2.32. The van der Waals surface area contributed by atoms with Crippen molar-refractivity contribution < 1.29 is 14.4 Å². The number of anilines is 1. The third-order valence-corrected chi connectivity index (χ3v) is 4.39. The van der Waals surface area contributed by atoms with Crippen LogP contribution >= 0.6 is 23.6 Å². The van der Waals surface area contributed by atoms with Gasteiger partial charge in [-0.15, -0.1) is 11.3 Å². The average Bonchev–Trinajstić information content (AvgIpc) is 3.12. The molecule has 0 fully saturated rings. The summed E-state index contributed by atoms with van der Waals surface area (Å²) >= 11 is 6.40. The zero-order chi connectivity index (χ0) is 16.6. The standard InChI is InChI=1S/C15H11N3O3S2/c1-18-13(20)9-5-4-8(7-10(9)14(18)21)16-15(22)17-12(19)11-3-2-6-23-11/h2-7H,1H3,(H2,16,17,19,22). The summed E-state index contributed by atoms with van der Waals surface area (Å²) < 4.78 is 0. The molecule has 3 amide bonds. The first-order valence-electron chi connectivity index (χ1n) is 6.59. The maximum Gasteiger partial charge on any atom is 0.267 e. The number of nitrogens with one attached hydrogen (secondary N) is 2. The lowest BCUT2D eigenvalue weighted by Crippen LogP contribution is -2.33. The first kappa shape index (κ1) is 15.3. The largest absolute Gasteiger partial charge is 0.332 e. The van der Waals surface area contributed by atoms with E-state index in [4.69, 9.17) is 12.2 Å². The molecule has 1 aliphatic rings. The molecule has 116 valence electrons. The van der Waals surface area contributed by atoms with E-state index in [9.17, 15) is 14.4 Å². The Hall–Kier alpha value is -2.58. The van der Waals surface area contributed by atoms with Crippen LogP contribution in [0.3, 0.4) is 0 Å². The highest BCUT2D eigenvalue weighted by Crippen LogP contribution is 2.24. The molecule has 3 rings (SSSR count). The number of hydrogen-bond donors (Lipinski definition) is 2.